The maximum Gasteiger partial charge on any atom is 0.0666 e. The molecular formula is C7H14OS. The largest absolute Gasteiger partial charge is 0.377 e. The molecule has 54 valence electrons. The van der Waals surface area contributed by atoms with E-state index in [1.54, 1.807) is 0 Å². The summed E-state index contributed by atoms with van der Waals surface area (Å²) in [7, 11) is 0. The van der Waals surface area contributed by atoms with E-state index >= 15 is 0 Å². The molecule has 0 amide bonds. The number of rotatable bonds is 2. The van der Waals surface area contributed by atoms with E-state index in [4.69, 9.17) is 4.74 Å². The summed E-state index contributed by atoms with van der Waals surface area (Å²) in [4.78, 5) is 0. The van der Waals surface area contributed by atoms with Crippen molar-refractivity contribution in [3.05, 3.63) is 0 Å². The van der Waals surface area contributed by atoms with Gasteiger partial charge in [0.1, 0.15) is 0 Å². The van der Waals surface area contributed by atoms with Crippen molar-refractivity contribution < 1.29 is 4.74 Å². The topological polar surface area (TPSA) is 9.23 Å². The predicted molar refractivity (Wildman–Crippen MR) is 42.0 cm³/mol. The van der Waals surface area contributed by atoms with Gasteiger partial charge in [-0.25, -0.2) is 0 Å². The minimum atomic E-state index is 0.495. The fraction of sp³-hybridized carbons (Fsp3) is 1.00. The summed E-state index contributed by atoms with van der Waals surface area (Å²) in [6, 6.07) is 0. The molecule has 9 heavy (non-hydrogen) atoms. The molecule has 0 spiro atoms. The van der Waals surface area contributed by atoms with Crippen molar-refractivity contribution in [1.82, 2.24) is 0 Å². The molecule has 1 nitrogen and oxygen atoms in total. The third kappa shape index (κ3) is 1.87. The Kier molecular flexibility index (Phi) is 2.86. The molecule has 0 aliphatic carbocycles. The van der Waals surface area contributed by atoms with E-state index in [9.17, 15) is 0 Å². The van der Waals surface area contributed by atoms with Crippen molar-refractivity contribution in [3.8, 4) is 0 Å². The Hall–Kier alpha value is 0.310. The molecule has 2 atom stereocenters. The highest BCUT2D eigenvalue weighted by Crippen LogP contribution is 2.25. The smallest absolute Gasteiger partial charge is 0.0666 e. The first kappa shape index (κ1) is 7.42. The van der Waals surface area contributed by atoms with Gasteiger partial charge in [-0.1, -0.05) is 6.92 Å². The average Bonchev–Trinajstić information content (AvgIpc) is 2.18. The maximum absolute atomic E-state index is 5.40. The molecule has 1 aliphatic heterocycles. The van der Waals surface area contributed by atoms with Crippen LogP contribution >= 0.6 is 11.8 Å². The zero-order valence-electron chi connectivity index (χ0n) is 6.09. The van der Waals surface area contributed by atoms with Gasteiger partial charge in [-0.3, -0.25) is 0 Å². The van der Waals surface area contributed by atoms with Crippen molar-refractivity contribution in [2.45, 2.75) is 31.6 Å². The second kappa shape index (κ2) is 3.47. The lowest BCUT2D eigenvalue weighted by Crippen LogP contribution is -2.13. The molecule has 1 aliphatic rings. The van der Waals surface area contributed by atoms with E-state index in [0.29, 0.717) is 6.10 Å². The quantitative estimate of drug-likeness (QED) is 0.588. The highest BCUT2D eigenvalue weighted by atomic mass is 32.2. The average molecular weight is 146 g/mol. The SMILES string of the molecule is CCSC1CCOC1C. The molecule has 0 N–H and O–H groups in total. The highest BCUT2D eigenvalue weighted by molar-refractivity contribution is 7.99. The van der Waals surface area contributed by atoms with Crippen molar-refractivity contribution >= 4 is 11.8 Å². The summed E-state index contributed by atoms with van der Waals surface area (Å²) in [5, 5.41) is 0.773. The van der Waals surface area contributed by atoms with E-state index in [1.165, 1.54) is 12.2 Å². The zero-order chi connectivity index (χ0) is 6.69. The Morgan fingerprint density at radius 3 is 2.89 bits per heavy atom. The van der Waals surface area contributed by atoms with Crippen LogP contribution < -0.4 is 0 Å². The van der Waals surface area contributed by atoms with Crippen LogP contribution in [0.25, 0.3) is 0 Å². The van der Waals surface area contributed by atoms with Crippen LogP contribution in [0.1, 0.15) is 20.3 Å². The summed E-state index contributed by atoms with van der Waals surface area (Å²) >= 11 is 2.02. The number of hydrogen-bond acceptors (Lipinski definition) is 2. The lowest BCUT2D eigenvalue weighted by Gasteiger charge is -2.10. The van der Waals surface area contributed by atoms with Crippen LogP contribution in [0, 0.1) is 0 Å². The molecule has 0 saturated carbocycles. The van der Waals surface area contributed by atoms with Gasteiger partial charge in [0, 0.05) is 11.9 Å². The van der Waals surface area contributed by atoms with Gasteiger partial charge in [0.2, 0.25) is 0 Å². The Morgan fingerprint density at radius 1 is 1.67 bits per heavy atom. The Labute approximate surface area is 61.2 Å². The third-order valence-corrected chi connectivity index (χ3v) is 3.07. The van der Waals surface area contributed by atoms with Gasteiger partial charge in [0.25, 0.3) is 0 Å². The first-order chi connectivity index (χ1) is 4.34. The van der Waals surface area contributed by atoms with Crippen LogP contribution in [0.5, 0.6) is 0 Å². The van der Waals surface area contributed by atoms with Crippen LogP contribution in [0.4, 0.5) is 0 Å². The van der Waals surface area contributed by atoms with Gasteiger partial charge in [-0.15, -0.1) is 0 Å². The Balaban J connectivity index is 2.22. The second-order valence-corrected chi connectivity index (χ2v) is 3.87. The normalized spacial score (nSPS) is 35.3. The van der Waals surface area contributed by atoms with Gasteiger partial charge in [-0.05, 0) is 19.1 Å². The number of hydrogen-bond donors (Lipinski definition) is 0. The standard InChI is InChI=1S/C7H14OS/c1-3-9-7-4-5-8-6(7)2/h6-7H,3-5H2,1-2H3. The van der Waals surface area contributed by atoms with E-state index in [1.807, 2.05) is 11.8 Å². The number of thioether (sulfide) groups is 1. The lowest BCUT2D eigenvalue weighted by molar-refractivity contribution is 0.127. The van der Waals surface area contributed by atoms with Crippen molar-refractivity contribution in [3.63, 3.8) is 0 Å². The summed E-state index contributed by atoms with van der Waals surface area (Å²) in [5.41, 5.74) is 0. The van der Waals surface area contributed by atoms with Crippen molar-refractivity contribution in [2.24, 2.45) is 0 Å². The third-order valence-electron chi connectivity index (χ3n) is 1.69. The molecule has 1 fully saturated rings. The van der Waals surface area contributed by atoms with Crippen LogP contribution in [0.15, 0.2) is 0 Å². The molecule has 2 heteroatoms. The van der Waals surface area contributed by atoms with Gasteiger partial charge < -0.3 is 4.74 Å². The van der Waals surface area contributed by atoms with Crippen LogP contribution in [0.2, 0.25) is 0 Å². The summed E-state index contributed by atoms with van der Waals surface area (Å²) in [6.45, 7) is 5.34. The van der Waals surface area contributed by atoms with Crippen LogP contribution in [-0.2, 0) is 4.74 Å². The predicted octanol–water partition coefficient (Wildman–Crippen LogP) is 1.92. The molecule has 1 rings (SSSR count). The summed E-state index contributed by atoms with van der Waals surface area (Å²) in [6.07, 6.45) is 1.74. The van der Waals surface area contributed by atoms with E-state index in [0.717, 1.165) is 11.9 Å². The lowest BCUT2D eigenvalue weighted by atomic mass is 10.3. The maximum atomic E-state index is 5.40. The monoisotopic (exact) mass is 146 g/mol. The molecular weight excluding hydrogens is 132 g/mol. The van der Waals surface area contributed by atoms with Crippen LogP contribution in [-0.4, -0.2) is 23.7 Å². The van der Waals surface area contributed by atoms with Gasteiger partial charge >= 0.3 is 0 Å². The molecule has 0 aromatic heterocycles. The van der Waals surface area contributed by atoms with Gasteiger partial charge in [0.15, 0.2) is 0 Å². The van der Waals surface area contributed by atoms with Crippen LogP contribution in [0.3, 0.4) is 0 Å². The van der Waals surface area contributed by atoms with E-state index < -0.39 is 0 Å². The first-order valence-electron chi connectivity index (χ1n) is 3.57. The highest BCUT2D eigenvalue weighted by Gasteiger charge is 2.23. The van der Waals surface area contributed by atoms with E-state index in [-0.39, 0.29) is 0 Å². The Morgan fingerprint density at radius 2 is 2.44 bits per heavy atom. The fourth-order valence-electron chi connectivity index (χ4n) is 1.15. The van der Waals surface area contributed by atoms with Gasteiger partial charge in [-0.2, -0.15) is 11.8 Å². The molecule has 0 aromatic carbocycles. The summed E-state index contributed by atoms with van der Waals surface area (Å²) < 4.78 is 5.40. The summed E-state index contributed by atoms with van der Waals surface area (Å²) in [5.74, 6) is 1.22. The first-order valence-corrected chi connectivity index (χ1v) is 4.62. The number of ether oxygens (including phenoxy) is 1. The molecule has 1 saturated heterocycles. The molecule has 0 bridgehead atoms. The van der Waals surface area contributed by atoms with Crippen molar-refractivity contribution in [1.29, 1.82) is 0 Å². The molecule has 1 heterocycles. The van der Waals surface area contributed by atoms with E-state index in [2.05, 4.69) is 13.8 Å². The fourth-order valence-corrected chi connectivity index (χ4v) is 2.19. The minimum Gasteiger partial charge on any atom is -0.377 e. The minimum absolute atomic E-state index is 0.495. The molecule has 0 radical (unpaired) electrons. The molecule has 0 aromatic rings. The second-order valence-electron chi connectivity index (χ2n) is 2.36. The Bertz CT molecular complexity index is 85.0. The molecule has 2 unspecified atom stereocenters. The van der Waals surface area contributed by atoms with Crippen molar-refractivity contribution in [2.75, 3.05) is 12.4 Å². The van der Waals surface area contributed by atoms with Gasteiger partial charge in [0.05, 0.1) is 6.10 Å². The zero-order valence-corrected chi connectivity index (χ0v) is 6.91.